The van der Waals surface area contributed by atoms with Gasteiger partial charge in [0.05, 0.1) is 0 Å². The molecule has 5 nitrogen and oxygen atoms in total. The SMILES string of the molecule is CC1(C(=O)N2CCNC(=O)C2(C)C)CCNCC1. The average molecular weight is 253 g/mol. The molecule has 18 heavy (non-hydrogen) atoms. The molecule has 2 aliphatic heterocycles. The van der Waals surface area contributed by atoms with Crippen LogP contribution in [0.4, 0.5) is 0 Å². The first kappa shape index (κ1) is 13.3. The molecule has 0 spiro atoms. The van der Waals surface area contributed by atoms with Crippen molar-refractivity contribution < 1.29 is 9.59 Å². The van der Waals surface area contributed by atoms with Gasteiger partial charge in [0.25, 0.3) is 0 Å². The van der Waals surface area contributed by atoms with Crippen LogP contribution in [0.1, 0.15) is 33.6 Å². The second-order valence-corrected chi connectivity index (χ2v) is 6.08. The Morgan fingerprint density at radius 1 is 1.17 bits per heavy atom. The minimum atomic E-state index is -0.733. The van der Waals surface area contributed by atoms with E-state index < -0.39 is 5.54 Å². The van der Waals surface area contributed by atoms with E-state index in [1.807, 2.05) is 20.8 Å². The van der Waals surface area contributed by atoms with Crippen molar-refractivity contribution in [3.63, 3.8) is 0 Å². The van der Waals surface area contributed by atoms with Crippen molar-refractivity contribution in [2.24, 2.45) is 5.41 Å². The Hall–Kier alpha value is -1.10. The standard InChI is InChI=1S/C13H23N3O2/c1-12(2)10(17)15-8-9-16(12)11(18)13(3)4-6-14-7-5-13/h14H,4-9H2,1-3H3,(H,15,17). The molecule has 0 aromatic heterocycles. The molecule has 102 valence electrons. The predicted octanol–water partition coefficient (Wildman–Crippen LogP) is 0.113. The minimum absolute atomic E-state index is 0.0559. The van der Waals surface area contributed by atoms with Gasteiger partial charge in [-0.15, -0.1) is 0 Å². The zero-order chi connectivity index (χ0) is 13.4. The van der Waals surface area contributed by atoms with E-state index >= 15 is 0 Å². The summed E-state index contributed by atoms with van der Waals surface area (Å²) in [5, 5.41) is 6.10. The van der Waals surface area contributed by atoms with Gasteiger partial charge >= 0.3 is 0 Å². The highest BCUT2D eigenvalue weighted by molar-refractivity contribution is 5.93. The highest BCUT2D eigenvalue weighted by Gasteiger charge is 2.46. The molecule has 0 atom stereocenters. The van der Waals surface area contributed by atoms with E-state index in [9.17, 15) is 9.59 Å². The summed E-state index contributed by atoms with van der Waals surface area (Å²) in [5.41, 5.74) is -1.05. The first-order valence-corrected chi connectivity index (χ1v) is 6.69. The molecule has 2 N–H and O–H groups in total. The summed E-state index contributed by atoms with van der Waals surface area (Å²) < 4.78 is 0. The van der Waals surface area contributed by atoms with Crippen molar-refractivity contribution in [3.05, 3.63) is 0 Å². The van der Waals surface area contributed by atoms with Gasteiger partial charge in [-0.3, -0.25) is 9.59 Å². The number of rotatable bonds is 1. The fourth-order valence-corrected chi connectivity index (χ4v) is 2.77. The van der Waals surface area contributed by atoms with Gasteiger partial charge in [-0.25, -0.2) is 0 Å². The molecule has 0 aromatic carbocycles. The smallest absolute Gasteiger partial charge is 0.245 e. The van der Waals surface area contributed by atoms with Gasteiger partial charge in [-0.2, -0.15) is 0 Å². The molecule has 0 aliphatic carbocycles. The molecule has 2 fully saturated rings. The van der Waals surface area contributed by atoms with E-state index in [0.717, 1.165) is 25.9 Å². The van der Waals surface area contributed by atoms with Crippen molar-refractivity contribution in [1.29, 1.82) is 0 Å². The fraction of sp³-hybridized carbons (Fsp3) is 0.846. The molecule has 2 saturated heterocycles. The maximum atomic E-state index is 12.8. The van der Waals surface area contributed by atoms with Gasteiger partial charge in [0.1, 0.15) is 5.54 Å². The van der Waals surface area contributed by atoms with Crippen molar-refractivity contribution in [3.8, 4) is 0 Å². The Labute approximate surface area is 108 Å². The van der Waals surface area contributed by atoms with E-state index in [4.69, 9.17) is 0 Å². The molecule has 0 bridgehead atoms. The number of nitrogens with one attached hydrogen (secondary N) is 2. The summed E-state index contributed by atoms with van der Waals surface area (Å²) in [7, 11) is 0. The molecule has 0 aromatic rings. The summed E-state index contributed by atoms with van der Waals surface area (Å²) >= 11 is 0. The normalized spacial score (nSPS) is 26.6. The first-order valence-electron chi connectivity index (χ1n) is 6.69. The number of amides is 2. The lowest BCUT2D eigenvalue weighted by atomic mass is 9.78. The Morgan fingerprint density at radius 2 is 1.78 bits per heavy atom. The van der Waals surface area contributed by atoms with E-state index in [0.29, 0.717) is 13.1 Å². The fourth-order valence-electron chi connectivity index (χ4n) is 2.77. The zero-order valence-electron chi connectivity index (χ0n) is 11.5. The number of carbonyl (C=O) groups excluding carboxylic acids is 2. The summed E-state index contributed by atoms with van der Waals surface area (Å²) in [6, 6.07) is 0. The highest BCUT2D eigenvalue weighted by atomic mass is 16.2. The van der Waals surface area contributed by atoms with E-state index in [1.54, 1.807) is 4.90 Å². The third kappa shape index (κ3) is 2.11. The number of hydrogen-bond acceptors (Lipinski definition) is 3. The van der Waals surface area contributed by atoms with E-state index in [2.05, 4.69) is 10.6 Å². The first-order chi connectivity index (χ1) is 8.38. The van der Waals surface area contributed by atoms with Gasteiger partial charge in [0.15, 0.2) is 0 Å². The van der Waals surface area contributed by atoms with Crippen molar-refractivity contribution >= 4 is 11.8 Å². The topological polar surface area (TPSA) is 61.4 Å². The lowest BCUT2D eigenvalue weighted by molar-refractivity contribution is -0.157. The maximum Gasteiger partial charge on any atom is 0.245 e. The van der Waals surface area contributed by atoms with Crippen LogP contribution in [0.2, 0.25) is 0 Å². The zero-order valence-corrected chi connectivity index (χ0v) is 11.5. The lowest BCUT2D eigenvalue weighted by Gasteiger charge is -2.46. The van der Waals surface area contributed by atoms with Crippen LogP contribution in [0.15, 0.2) is 0 Å². The monoisotopic (exact) mass is 253 g/mol. The number of hydrogen-bond donors (Lipinski definition) is 2. The molecular weight excluding hydrogens is 230 g/mol. The third-order valence-corrected chi connectivity index (χ3v) is 4.32. The molecule has 2 aliphatic rings. The van der Waals surface area contributed by atoms with Crippen molar-refractivity contribution in [1.82, 2.24) is 15.5 Å². The summed E-state index contributed by atoms with van der Waals surface area (Å²) in [4.78, 5) is 26.4. The Balaban J connectivity index is 2.19. The molecule has 0 radical (unpaired) electrons. The second kappa shape index (κ2) is 4.53. The minimum Gasteiger partial charge on any atom is -0.352 e. The lowest BCUT2D eigenvalue weighted by Crippen LogP contribution is -2.66. The van der Waals surface area contributed by atoms with Gasteiger partial charge < -0.3 is 15.5 Å². The van der Waals surface area contributed by atoms with E-state index in [1.165, 1.54) is 0 Å². The van der Waals surface area contributed by atoms with Crippen LogP contribution >= 0.6 is 0 Å². The Kier molecular flexibility index (Phi) is 3.36. The molecule has 0 saturated carbocycles. The molecule has 2 heterocycles. The van der Waals surface area contributed by atoms with Crippen LogP contribution in [0.25, 0.3) is 0 Å². The predicted molar refractivity (Wildman–Crippen MR) is 69.0 cm³/mol. The van der Waals surface area contributed by atoms with Crippen LogP contribution < -0.4 is 10.6 Å². The maximum absolute atomic E-state index is 12.8. The highest BCUT2D eigenvalue weighted by Crippen LogP contribution is 2.33. The Bertz CT molecular complexity index is 359. The van der Waals surface area contributed by atoms with Crippen molar-refractivity contribution in [2.45, 2.75) is 39.2 Å². The van der Waals surface area contributed by atoms with Gasteiger partial charge in [0, 0.05) is 18.5 Å². The molecular formula is C13H23N3O2. The number of piperidine rings is 1. The van der Waals surface area contributed by atoms with Crippen LogP contribution in [-0.4, -0.2) is 48.4 Å². The van der Waals surface area contributed by atoms with E-state index in [-0.39, 0.29) is 17.2 Å². The molecule has 2 rings (SSSR count). The van der Waals surface area contributed by atoms with Crippen LogP contribution in [0.3, 0.4) is 0 Å². The third-order valence-electron chi connectivity index (χ3n) is 4.32. The van der Waals surface area contributed by atoms with Gasteiger partial charge in [-0.1, -0.05) is 6.92 Å². The summed E-state index contributed by atoms with van der Waals surface area (Å²) in [6.45, 7) is 8.60. The summed E-state index contributed by atoms with van der Waals surface area (Å²) in [6.07, 6.45) is 1.69. The number of carbonyl (C=O) groups is 2. The number of piperazine rings is 1. The second-order valence-electron chi connectivity index (χ2n) is 6.08. The summed E-state index contributed by atoms with van der Waals surface area (Å²) in [5.74, 6) is 0.0727. The molecule has 0 unspecified atom stereocenters. The molecule has 5 heteroatoms. The van der Waals surface area contributed by atoms with Crippen LogP contribution in [0, 0.1) is 5.41 Å². The Morgan fingerprint density at radius 3 is 2.39 bits per heavy atom. The van der Waals surface area contributed by atoms with Gasteiger partial charge in [-0.05, 0) is 39.8 Å². The van der Waals surface area contributed by atoms with Crippen LogP contribution in [-0.2, 0) is 9.59 Å². The van der Waals surface area contributed by atoms with Crippen LogP contribution in [0.5, 0.6) is 0 Å². The average Bonchev–Trinajstić information content (AvgIpc) is 2.33. The quantitative estimate of drug-likeness (QED) is 0.697. The van der Waals surface area contributed by atoms with Crippen molar-refractivity contribution in [2.75, 3.05) is 26.2 Å². The molecule has 2 amide bonds. The van der Waals surface area contributed by atoms with Gasteiger partial charge in [0.2, 0.25) is 11.8 Å². The number of nitrogens with zero attached hydrogens (tertiary/aromatic N) is 1. The largest absolute Gasteiger partial charge is 0.352 e.